The number of para-hydroxylation sites is 1. The molecule has 1 unspecified atom stereocenters. The third kappa shape index (κ3) is 5.89. The SMILES string of the molecule is COCC(C)NC(=O)COC(=O)c1ccccc1Nc1ccc(C)cc1. The minimum absolute atomic E-state index is 0.151. The molecule has 6 heteroatoms. The van der Waals surface area contributed by atoms with Crippen LogP contribution in [0, 0.1) is 6.92 Å². The molecule has 2 N–H and O–H groups in total. The van der Waals surface area contributed by atoms with E-state index in [9.17, 15) is 9.59 Å². The second-order valence-corrected chi connectivity index (χ2v) is 6.04. The van der Waals surface area contributed by atoms with Crippen LogP contribution in [-0.4, -0.2) is 38.2 Å². The lowest BCUT2D eigenvalue weighted by molar-refractivity contribution is -0.125. The van der Waals surface area contributed by atoms with Crippen molar-refractivity contribution in [1.82, 2.24) is 5.32 Å². The Bertz CT molecular complexity index is 744. The van der Waals surface area contributed by atoms with E-state index in [2.05, 4.69) is 10.6 Å². The molecule has 2 aromatic rings. The molecular weight excluding hydrogens is 332 g/mol. The molecule has 0 aliphatic rings. The number of methoxy groups -OCH3 is 1. The van der Waals surface area contributed by atoms with Crippen molar-refractivity contribution in [2.24, 2.45) is 0 Å². The number of anilines is 2. The summed E-state index contributed by atoms with van der Waals surface area (Å²) in [7, 11) is 1.56. The fourth-order valence-corrected chi connectivity index (χ4v) is 2.38. The van der Waals surface area contributed by atoms with Gasteiger partial charge in [-0.25, -0.2) is 4.79 Å². The summed E-state index contributed by atoms with van der Waals surface area (Å²) < 4.78 is 10.1. The molecule has 138 valence electrons. The number of carbonyl (C=O) groups excluding carboxylic acids is 2. The second-order valence-electron chi connectivity index (χ2n) is 6.04. The first-order chi connectivity index (χ1) is 12.5. The van der Waals surface area contributed by atoms with Gasteiger partial charge in [0.1, 0.15) is 0 Å². The summed E-state index contributed by atoms with van der Waals surface area (Å²) in [5, 5.41) is 5.89. The molecule has 0 aliphatic carbocycles. The molecule has 0 spiro atoms. The highest BCUT2D eigenvalue weighted by molar-refractivity contribution is 5.97. The molecule has 0 bridgehead atoms. The number of hydrogen-bond donors (Lipinski definition) is 2. The molecule has 1 atom stereocenters. The quantitative estimate of drug-likeness (QED) is 0.711. The third-order valence-corrected chi connectivity index (χ3v) is 3.64. The van der Waals surface area contributed by atoms with Gasteiger partial charge in [-0.05, 0) is 38.1 Å². The van der Waals surface area contributed by atoms with Gasteiger partial charge in [-0.15, -0.1) is 0 Å². The van der Waals surface area contributed by atoms with Crippen LogP contribution in [0.15, 0.2) is 48.5 Å². The number of ether oxygens (including phenoxy) is 2. The number of amides is 1. The number of esters is 1. The van der Waals surface area contributed by atoms with Crippen LogP contribution in [0.1, 0.15) is 22.8 Å². The van der Waals surface area contributed by atoms with Gasteiger partial charge < -0.3 is 20.1 Å². The van der Waals surface area contributed by atoms with Crippen molar-refractivity contribution in [1.29, 1.82) is 0 Å². The smallest absolute Gasteiger partial charge is 0.340 e. The lowest BCUT2D eigenvalue weighted by Gasteiger charge is -2.14. The number of nitrogens with one attached hydrogen (secondary N) is 2. The molecule has 0 fully saturated rings. The zero-order chi connectivity index (χ0) is 18.9. The van der Waals surface area contributed by atoms with Crippen LogP contribution in [0.5, 0.6) is 0 Å². The van der Waals surface area contributed by atoms with Gasteiger partial charge in [-0.2, -0.15) is 0 Å². The molecule has 2 aromatic carbocycles. The molecule has 0 saturated carbocycles. The molecule has 1 amide bonds. The van der Waals surface area contributed by atoms with Gasteiger partial charge in [-0.3, -0.25) is 4.79 Å². The summed E-state index contributed by atoms with van der Waals surface area (Å²) in [5.74, 6) is -0.929. The Balaban J connectivity index is 1.98. The Morgan fingerprint density at radius 2 is 1.77 bits per heavy atom. The van der Waals surface area contributed by atoms with Gasteiger partial charge in [-0.1, -0.05) is 29.8 Å². The molecule has 26 heavy (non-hydrogen) atoms. The maximum Gasteiger partial charge on any atom is 0.340 e. The minimum Gasteiger partial charge on any atom is -0.452 e. The highest BCUT2D eigenvalue weighted by atomic mass is 16.5. The number of benzene rings is 2. The van der Waals surface area contributed by atoms with Gasteiger partial charge in [0.15, 0.2) is 6.61 Å². The molecule has 6 nitrogen and oxygen atoms in total. The summed E-state index contributed by atoms with van der Waals surface area (Å²) in [5.41, 5.74) is 3.00. The van der Waals surface area contributed by atoms with Crippen molar-refractivity contribution in [3.8, 4) is 0 Å². The van der Waals surface area contributed by atoms with Crippen LogP contribution in [0.3, 0.4) is 0 Å². The predicted octanol–water partition coefficient (Wildman–Crippen LogP) is 3.05. The molecular formula is C20H24N2O4. The highest BCUT2D eigenvalue weighted by Crippen LogP contribution is 2.21. The van der Waals surface area contributed by atoms with Crippen molar-refractivity contribution < 1.29 is 19.1 Å². The average molecular weight is 356 g/mol. The second kappa shape index (κ2) is 9.58. The van der Waals surface area contributed by atoms with Gasteiger partial charge in [0, 0.05) is 18.8 Å². The van der Waals surface area contributed by atoms with Gasteiger partial charge >= 0.3 is 5.97 Å². The molecule has 0 aromatic heterocycles. The Kier molecular flexibility index (Phi) is 7.17. The van der Waals surface area contributed by atoms with E-state index in [0.717, 1.165) is 11.3 Å². The van der Waals surface area contributed by atoms with E-state index < -0.39 is 5.97 Å². The molecule has 0 radical (unpaired) electrons. The monoisotopic (exact) mass is 356 g/mol. The standard InChI is InChI=1S/C20H24N2O4/c1-14-8-10-16(11-9-14)22-18-7-5-4-6-17(18)20(24)26-13-19(23)21-15(2)12-25-3/h4-11,15,22H,12-13H2,1-3H3,(H,21,23). The first-order valence-electron chi connectivity index (χ1n) is 8.37. The average Bonchev–Trinajstić information content (AvgIpc) is 2.62. The van der Waals surface area contributed by atoms with E-state index in [4.69, 9.17) is 9.47 Å². The first-order valence-corrected chi connectivity index (χ1v) is 8.37. The van der Waals surface area contributed by atoms with Crippen molar-refractivity contribution in [3.05, 3.63) is 59.7 Å². The Labute approximate surface area is 153 Å². The molecule has 0 saturated heterocycles. The number of aryl methyl sites for hydroxylation is 1. The summed E-state index contributed by atoms with van der Waals surface area (Å²) in [4.78, 5) is 24.2. The van der Waals surface area contributed by atoms with Crippen LogP contribution >= 0.6 is 0 Å². The fraction of sp³-hybridized carbons (Fsp3) is 0.300. The maximum atomic E-state index is 12.4. The van der Waals surface area contributed by atoms with Crippen LogP contribution in [0.2, 0.25) is 0 Å². The summed E-state index contributed by atoms with van der Waals surface area (Å²) >= 11 is 0. The van der Waals surface area contributed by atoms with E-state index in [1.54, 1.807) is 25.3 Å². The molecule has 0 heterocycles. The van der Waals surface area contributed by atoms with E-state index in [-0.39, 0.29) is 18.6 Å². The largest absolute Gasteiger partial charge is 0.452 e. The lowest BCUT2D eigenvalue weighted by Crippen LogP contribution is -2.38. The number of hydrogen-bond acceptors (Lipinski definition) is 5. The molecule has 0 aliphatic heterocycles. The summed E-state index contributed by atoms with van der Waals surface area (Å²) in [6.07, 6.45) is 0. The van der Waals surface area contributed by atoms with Crippen molar-refractivity contribution in [2.45, 2.75) is 19.9 Å². The van der Waals surface area contributed by atoms with Crippen LogP contribution in [-0.2, 0) is 14.3 Å². The number of carbonyl (C=O) groups is 2. The topological polar surface area (TPSA) is 76.7 Å². The van der Waals surface area contributed by atoms with Gasteiger partial charge in [0.05, 0.1) is 17.9 Å². The maximum absolute atomic E-state index is 12.4. The van der Waals surface area contributed by atoms with E-state index in [0.29, 0.717) is 17.9 Å². The zero-order valence-electron chi connectivity index (χ0n) is 15.2. The van der Waals surface area contributed by atoms with Crippen molar-refractivity contribution in [2.75, 3.05) is 25.6 Å². The minimum atomic E-state index is -0.560. The van der Waals surface area contributed by atoms with Gasteiger partial charge in [0.2, 0.25) is 0 Å². The van der Waals surface area contributed by atoms with Crippen LogP contribution in [0.4, 0.5) is 11.4 Å². The lowest BCUT2D eigenvalue weighted by atomic mass is 10.1. The van der Waals surface area contributed by atoms with E-state index >= 15 is 0 Å². The third-order valence-electron chi connectivity index (χ3n) is 3.64. The summed E-state index contributed by atoms with van der Waals surface area (Å²) in [6.45, 7) is 3.87. The predicted molar refractivity (Wildman–Crippen MR) is 101 cm³/mol. The Hall–Kier alpha value is -2.86. The Morgan fingerprint density at radius 1 is 1.08 bits per heavy atom. The van der Waals surface area contributed by atoms with E-state index in [1.165, 1.54) is 0 Å². The van der Waals surface area contributed by atoms with Crippen LogP contribution < -0.4 is 10.6 Å². The summed E-state index contributed by atoms with van der Waals surface area (Å²) in [6, 6.07) is 14.7. The molecule has 2 rings (SSSR count). The first kappa shape index (κ1) is 19.5. The van der Waals surface area contributed by atoms with Crippen LogP contribution in [0.25, 0.3) is 0 Å². The van der Waals surface area contributed by atoms with Crippen molar-refractivity contribution >= 4 is 23.3 Å². The number of rotatable bonds is 8. The zero-order valence-corrected chi connectivity index (χ0v) is 15.2. The van der Waals surface area contributed by atoms with Crippen molar-refractivity contribution in [3.63, 3.8) is 0 Å². The normalized spacial score (nSPS) is 11.5. The van der Waals surface area contributed by atoms with E-state index in [1.807, 2.05) is 44.2 Å². The fourth-order valence-electron chi connectivity index (χ4n) is 2.38. The Morgan fingerprint density at radius 3 is 2.46 bits per heavy atom. The van der Waals surface area contributed by atoms with Gasteiger partial charge in [0.25, 0.3) is 5.91 Å². The highest BCUT2D eigenvalue weighted by Gasteiger charge is 2.15.